The van der Waals surface area contributed by atoms with Gasteiger partial charge in [-0.2, -0.15) is 28.2 Å². The number of piperidine rings is 1. The third-order valence-corrected chi connectivity index (χ3v) is 9.05. The Hall–Kier alpha value is -3.91. The summed E-state index contributed by atoms with van der Waals surface area (Å²) in [6, 6.07) is 7.49. The summed E-state index contributed by atoms with van der Waals surface area (Å²) in [6.45, 7) is 4.68. The van der Waals surface area contributed by atoms with Crippen LogP contribution in [-0.2, 0) is 9.53 Å². The van der Waals surface area contributed by atoms with Crippen molar-refractivity contribution >= 4 is 17.7 Å². The number of nitrogen functional groups attached to an aromatic ring is 1. The van der Waals surface area contributed by atoms with E-state index in [-0.39, 0.29) is 34.4 Å². The number of nitrogens with two attached hydrogens (primary N) is 1. The fourth-order valence-corrected chi connectivity index (χ4v) is 6.58. The third kappa shape index (κ3) is 6.32. The lowest BCUT2D eigenvalue weighted by Crippen LogP contribution is -2.41. The highest BCUT2D eigenvalue weighted by Crippen LogP contribution is 2.43. The maximum Gasteiger partial charge on any atom is 0.429 e. The Morgan fingerprint density at radius 2 is 1.93 bits per heavy atom. The van der Waals surface area contributed by atoms with Gasteiger partial charge < -0.3 is 30.5 Å². The number of anilines is 2. The summed E-state index contributed by atoms with van der Waals surface area (Å²) in [5.41, 5.74) is 7.59. The standard InChI is InChI=1S/C30H36F3N7O4/c1-18-4-9-40(38-18)23-14-20(19-5-12-43-13-6-19)2-3-21(23)26(30(31,32)33)44-25-15-24(36-28(34)37-25)39-10-7-29(8-11-39)16-22(27(41)42)35-17-29/h2-4,9,14-15,19,22,26,35H,5-8,10-13,16-17H2,1H3,(H,41,42)(H2,34,36,37)/t22-,26?/m0/s1. The van der Waals surface area contributed by atoms with Crippen LogP contribution in [0.1, 0.15) is 60.9 Å². The number of hydrogen-bond donors (Lipinski definition) is 3. The molecule has 236 valence electrons. The SMILES string of the molecule is Cc1ccn(-c2cc(C3CCOCC3)ccc2C(Oc2cc(N3CCC4(CC3)CN[C@H](C(=O)O)C4)nc(N)n2)C(F)(F)F)n1. The number of carbonyl (C=O) groups is 1. The van der Waals surface area contributed by atoms with E-state index in [4.69, 9.17) is 15.2 Å². The fraction of sp³-hybridized carbons (Fsp3) is 0.533. The van der Waals surface area contributed by atoms with Crippen LogP contribution in [-0.4, -0.2) is 75.9 Å². The van der Waals surface area contributed by atoms with E-state index in [1.165, 1.54) is 16.8 Å². The molecule has 1 aromatic carbocycles. The molecule has 44 heavy (non-hydrogen) atoms. The Morgan fingerprint density at radius 1 is 1.18 bits per heavy atom. The molecule has 3 aromatic rings. The number of aromatic nitrogens is 4. The first kappa shape index (κ1) is 30.1. The van der Waals surface area contributed by atoms with Crippen LogP contribution in [0.2, 0.25) is 0 Å². The molecule has 0 amide bonds. The van der Waals surface area contributed by atoms with Crippen molar-refractivity contribution in [1.82, 2.24) is 25.1 Å². The number of nitrogens with one attached hydrogen (secondary N) is 1. The number of alkyl halides is 3. The summed E-state index contributed by atoms with van der Waals surface area (Å²) in [5.74, 6) is -0.828. The summed E-state index contributed by atoms with van der Waals surface area (Å²) in [6.07, 6.45) is -1.98. The predicted molar refractivity (Wildman–Crippen MR) is 155 cm³/mol. The molecule has 3 fully saturated rings. The molecule has 0 bridgehead atoms. The van der Waals surface area contributed by atoms with Crippen molar-refractivity contribution in [2.75, 3.05) is 43.5 Å². The topological polar surface area (TPSA) is 141 Å². The van der Waals surface area contributed by atoms with Crippen molar-refractivity contribution in [2.24, 2.45) is 5.41 Å². The number of carboxylic acid groups (broad SMARTS) is 1. The van der Waals surface area contributed by atoms with Gasteiger partial charge in [0.1, 0.15) is 11.9 Å². The predicted octanol–water partition coefficient (Wildman–Crippen LogP) is 4.16. The van der Waals surface area contributed by atoms with E-state index in [2.05, 4.69) is 20.4 Å². The van der Waals surface area contributed by atoms with Crippen molar-refractivity contribution in [1.29, 1.82) is 0 Å². The highest BCUT2D eigenvalue weighted by Gasteiger charge is 2.46. The zero-order valence-electron chi connectivity index (χ0n) is 24.4. The fourth-order valence-electron chi connectivity index (χ4n) is 6.58. The van der Waals surface area contributed by atoms with Crippen molar-refractivity contribution in [3.63, 3.8) is 0 Å². The number of ether oxygens (including phenoxy) is 2. The first-order valence-corrected chi connectivity index (χ1v) is 14.8. The molecule has 3 aliphatic heterocycles. The van der Waals surface area contributed by atoms with Gasteiger partial charge in [0.05, 0.1) is 11.4 Å². The minimum Gasteiger partial charge on any atom is -0.480 e. The molecule has 5 heterocycles. The van der Waals surface area contributed by atoms with E-state index in [0.29, 0.717) is 63.6 Å². The van der Waals surface area contributed by atoms with E-state index in [1.807, 2.05) is 4.90 Å². The first-order valence-electron chi connectivity index (χ1n) is 14.8. The van der Waals surface area contributed by atoms with E-state index < -0.39 is 24.3 Å². The quantitative estimate of drug-likeness (QED) is 0.355. The summed E-state index contributed by atoms with van der Waals surface area (Å²) in [4.78, 5) is 21.7. The number of rotatable bonds is 7. The first-order chi connectivity index (χ1) is 21.0. The Kier molecular flexibility index (Phi) is 8.14. The van der Waals surface area contributed by atoms with Gasteiger partial charge in [-0.05, 0) is 68.1 Å². The Bertz CT molecular complexity index is 1500. The number of nitrogens with zero attached hydrogens (tertiary/aromatic N) is 5. The zero-order chi connectivity index (χ0) is 31.1. The molecule has 3 aliphatic rings. The Labute approximate surface area is 252 Å². The second kappa shape index (κ2) is 11.9. The number of aryl methyl sites for hydroxylation is 1. The highest BCUT2D eigenvalue weighted by atomic mass is 19.4. The molecular weight excluding hydrogens is 579 g/mol. The van der Waals surface area contributed by atoms with Crippen LogP contribution in [0.4, 0.5) is 24.9 Å². The summed E-state index contributed by atoms with van der Waals surface area (Å²) in [7, 11) is 0. The van der Waals surface area contributed by atoms with E-state index in [1.54, 1.807) is 31.3 Å². The van der Waals surface area contributed by atoms with Crippen molar-refractivity contribution < 1.29 is 32.5 Å². The van der Waals surface area contributed by atoms with Gasteiger partial charge in [0.25, 0.3) is 0 Å². The van der Waals surface area contributed by atoms with Crippen molar-refractivity contribution in [3.8, 4) is 11.6 Å². The van der Waals surface area contributed by atoms with Gasteiger partial charge in [-0.15, -0.1) is 0 Å². The van der Waals surface area contributed by atoms with Gasteiger partial charge in [-0.1, -0.05) is 12.1 Å². The van der Waals surface area contributed by atoms with Crippen LogP contribution in [0.15, 0.2) is 36.5 Å². The lowest BCUT2D eigenvalue weighted by molar-refractivity contribution is -0.198. The van der Waals surface area contributed by atoms with Crippen molar-refractivity contribution in [2.45, 2.75) is 63.3 Å². The maximum absolute atomic E-state index is 14.8. The molecule has 3 saturated heterocycles. The monoisotopic (exact) mass is 615 g/mol. The van der Waals surface area contributed by atoms with Crippen LogP contribution in [0.5, 0.6) is 5.88 Å². The molecule has 6 rings (SSSR count). The van der Waals surface area contributed by atoms with Crippen molar-refractivity contribution in [3.05, 3.63) is 53.3 Å². The van der Waals surface area contributed by atoms with Gasteiger partial charge in [0.2, 0.25) is 17.9 Å². The molecule has 1 unspecified atom stereocenters. The minimum absolute atomic E-state index is 0.100. The average molecular weight is 616 g/mol. The van der Waals surface area contributed by atoms with E-state index >= 15 is 0 Å². The van der Waals surface area contributed by atoms with Gasteiger partial charge in [0, 0.05) is 50.7 Å². The molecule has 11 nitrogen and oxygen atoms in total. The zero-order valence-corrected chi connectivity index (χ0v) is 24.4. The highest BCUT2D eigenvalue weighted by molar-refractivity contribution is 5.74. The molecule has 1 spiro atoms. The lowest BCUT2D eigenvalue weighted by atomic mass is 9.76. The van der Waals surface area contributed by atoms with Gasteiger partial charge in [-0.3, -0.25) is 4.79 Å². The summed E-state index contributed by atoms with van der Waals surface area (Å²) >= 11 is 0. The Balaban J connectivity index is 1.28. The average Bonchev–Trinajstić information content (AvgIpc) is 3.62. The van der Waals surface area contributed by atoms with E-state index in [9.17, 15) is 23.1 Å². The summed E-state index contributed by atoms with van der Waals surface area (Å²) < 4.78 is 56.8. The number of hydrogen-bond acceptors (Lipinski definition) is 9. The van der Waals surface area contributed by atoms with Crippen LogP contribution >= 0.6 is 0 Å². The van der Waals surface area contributed by atoms with Crippen LogP contribution in [0.3, 0.4) is 0 Å². The molecule has 14 heteroatoms. The number of benzene rings is 1. The maximum atomic E-state index is 14.8. The number of carboxylic acids is 1. The van der Waals surface area contributed by atoms with Crippen LogP contribution in [0.25, 0.3) is 5.69 Å². The van der Waals surface area contributed by atoms with Crippen LogP contribution in [0, 0.1) is 12.3 Å². The molecule has 0 aliphatic carbocycles. The number of aliphatic carboxylic acids is 1. The minimum atomic E-state index is -4.79. The molecule has 2 atom stereocenters. The van der Waals surface area contributed by atoms with Gasteiger partial charge >= 0.3 is 12.1 Å². The van der Waals surface area contributed by atoms with E-state index in [0.717, 1.165) is 18.4 Å². The second-order valence-corrected chi connectivity index (χ2v) is 12.0. The molecule has 0 saturated carbocycles. The molecule has 0 radical (unpaired) electrons. The second-order valence-electron chi connectivity index (χ2n) is 12.0. The summed E-state index contributed by atoms with van der Waals surface area (Å²) in [5, 5.41) is 16.9. The Morgan fingerprint density at radius 3 is 2.57 bits per heavy atom. The molecular formula is C30H36F3N7O4. The smallest absolute Gasteiger partial charge is 0.429 e. The normalized spacial score (nSPS) is 21.5. The third-order valence-electron chi connectivity index (χ3n) is 9.05. The number of halogens is 3. The van der Waals surface area contributed by atoms with Gasteiger partial charge in [-0.25, -0.2) is 4.68 Å². The largest absolute Gasteiger partial charge is 0.480 e. The lowest BCUT2D eigenvalue weighted by Gasteiger charge is -2.39. The van der Waals surface area contributed by atoms with Gasteiger partial charge in [0.15, 0.2) is 0 Å². The van der Waals surface area contributed by atoms with Crippen LogP contribution < -0.4 is 20.7 Å². The molecule has 2 aromatic heterocycles. The molecule has 4 N–H and O–H groups in total.